The molecule has 0 bridgehead atoms. The van der Waals surface area contributed by atoms with Gasteiger partial charge < -0.3 is 0 Å². The van der Waals surface area contributed by atoms with Gasteiger partial charge in [-0.05, 0) is 6.08 Å². The van der Waals surface area contributed by atoms with Crippen molar-refractivity contribution >= 4 is 12.9 Å². The van der Waals surface area contributed by atoms with Crippen molar-refractivity contribution in [2.24, 2.45) is 10.1 Å². The van der Waals surface area contributed by atoms with Crippen LogP contribution in [0.5, 0.6) is 0 Å². The fraction of sp³-hybridized carbons (Fsp3) is 0. The summed E-state index contributed by atoms with van der Waals surface area (Å²) in [4.78, 5) is 3.87. The molecule has 0 atom stereocenters. The second kappa shape index (κ2) is 2.26. The maximum absolute atomic E-state index is 3.87. The van der Waals surface area contributed by atoms with Crippen molar-refractivity contribution in [3.63, 3.8) is 0 Å². The van der Waals surface area contributed by atoms with Crippen LogP contribution in [-0.2, 0) is 0 Å². The average Bonchev–Trinajstić information content (AvgIpc) is 1.89. The lowest BCUT2D eigenvalue weighted by atomic mass is 10.5. The molecule has 0 aromatic heterocycles. The second-order valence-electron chi connectivity index (χ2n) is 1.52. The van der Waals surface area contributed by atoms with Gasteiger partial charge in [0.1, 0.15) is 5.82 Å². The number of hydrazone groups is 1. The highest BCUT2D eigenvalue weighted by Gasteiger charge is 1.99. The molecule has 0 fully saturated rings. The van der Waals surface area contributed by atoms with Crippen LogP contribution in [0.25, 0.3) is 0 Å². The topological polar surface area (TPSA) is 28.0 Å². The molecule has 0 aromatic rings. The number of aliphatic imine (C=N–C) groups is 1. The Hall–Kier alpha value is -1.38. The maximum Gasteiger partial charge on any atom is 0.146 e. The number of rotatable bonds is 1. The van der Waals surface area contributed by atoms with E-state index in [2.05, 4.69) is 23.4 Å². The second-order valence-corrected chi connectivity index (χ2v) is 1.52. The lowest BCUT2D eigenvalue weighted by molar-refractivity contribution is 0.497. The van der Waals surface area contributed by atoms with Gasteiger partial charge >= 0.3 is 0 Å². The van der Waals surface area contributed by atoms with Crippen molar-refractivity contribution in [1.29, 1.82) is 0 Å². The summed E-state index contributed by atoms with van der Waals surface area (Å²) in [6.07, 6.45) is 5.16. The number of allylic oxidation sites excluding steroid dienone is 1. The van der Waals surface area contributed by atoms with Crippen LogP contribution in [0.4, 0.5) is 0 Å². The van der Waals surface area contributed by atoms with Crippen LogP contribution in [0.15, 0.2) is 34.8 Å². The van der Waals surface area contributed by atoms with Gasteiger partial charge in [0.25, 0.3) is 0 Å². The van der Waals surface area contributed by atoms with Gasteiger partial charge in [0.15, 0.2) is 0 Å². The summed E-state index contributed by atoms with van der Waals surface area (Å²) in [7, 11) is 0. The Morgan fingerprint density at radius 1 is 1.67 bits per heavy atom. The summed E-state index contributed by atoms with van der Waals surface area (Å²) in [6.45, 7) is 6.93. The van der Waals surface area contributed by atoms with Crippen LogP contribution >= 0.6 is 0 Å². The van der Waals surface area contributed by atoms with Crippen molar-refractivity contribution < 1.29 is 0 Å². The predicted molar refractivity (Wildman–Crippen MR) is 38.2 cm³/mol. The summed E-state index contributed by atoms with van der Waals surface area (Å²) in [5, 5.41) is 5.11. The summed E-state index contributed by atoms with van der Waals surface area (Å²) in [5.74, 6) is 0.590. The molecule has 0 saturated carbocycles. The summed E-state index contributed by atoms with van der Waals surface area (Å²) in [6, 6.07) is 0. The van der Waals surface area contributed by atoms with Crippen LogP contribution < -0.4 is 0 Å². The van der Waals surface area contributed by atoms with Gasteiger partial charge in [-0.25, -0.2) is 10.0 Å². The molecule has 0 aliphatic carbocycles. The molecule has 0 N–H and O–H groups in total. The standard InChI is InChI=1S/C6H7N3/c1-6-8-4-3-5-9(6)7-2/h3-5H,1-2H2. The molecular weight excluding hydrogens is 114 g/mol. The number of nitrogens with zero attached hydrogens (tertiary/aromatic N) is 3. The molecule has 1 rings (SSSR count). The van der Waals surface area contributed by atoms with Gasteiger partial charge in [-0.15, -0.1) is 0 Å². The molecule has 1 aliphatic heterocycles. The average molecular weight is 121 g/mol. The van der Waals surface area contributed by atoms with E-state index >= 15 is 0 Å². The Labute approximate surface area is 53.7 Å². The van der Waals surface area contributed by atoms with E-state index in [0.717, 1.165) is 0 Å². The first kappa shape index (κ1) is 5.75. The molecule has 0 aromatic carbocycles. The molecule has 1 aliphatic rings. The van der Waals surface area contributed by atoms with Crippen molar-refractivity contribution in [1.82, 2.24) is 5.01 Å². The van der Waals surface area contributed by atoms with Crippen LogP contribution in [-0.4, -0.2) is 17.9 Å². The first-order chi connectivity index (χ1) is 4.34. The van der Waals surface area contributed by atoms with E-state index in [0.29, 0.717) is 5.82 Å². The molecule has 3 nitrogen and oxygen atoms in total. The Morgan fingerprint density at radius 2 is 2.44 bits per heavy atom. The van der Waals surface area contributed by atoms with Crippen molar-refractivity contribution in [3.8, 4) is 0 Å². The Bertz CT molecular complexity index is 190. The molecule has 0 radical (unpaired) electrons. The first-order valence-electron chi connectivity index (χ1n) is 2.50. The number of hydrogen-bond donors (Lipinski definition) is 0. The summed E-state index contributed by atoms with van der Waals surface area (Å²) >= 11 is 0. The Balaban J connectivity index is 2.77. The highest BCUT2D eigenvalue weighted by molar-refractivity contribution is 5.73. The van der Waals surface area contributed by atoms with E-state index in [4.69, 9.17) is 0 Å². The van der Waals surface area contributed by atoms with Gasteiger partial charge in [0.05, 0.1) is 0 Å². The van der Waals surface area contributed by atoms with Gasteiger partial charge in [-0.3, -0.25) is 0 Å². The fourth-order valence-corrected chi connectivity index (χ4v) is 0.523. The molecule has 9 heavy (non-hydrogen) atoms. The van der Waals surface area contributed by atoms with E-state index in [9.17, 15) is 0 Å². The molecule has 0 unspecified atom stereocenters. The largest absolute Gasteiger partial charge is 0.238 e. The minimum absolute atomic E-state index is 0.590. The van der Waals surface area contributed by atoms with Crippen molar-refractivity contribution in [3.05, 3.63) is 24.7 Å². The third-order valence-corrected chi connectivity index (χ3v) is 0.954. The quantitative estimate of drug-likeness (QED) is 0.475. The highest BCUT2D eigenvalue weighted by Crippen LogP contribution is 2.06. The molecular formula is C6H7N3. The zero-order valence-corrected chi connectivity index (χ0v) is 4.99. The molecule has 0 amide bonds. The summed E-state index contributed by atoms with van der Waals surface area (Å²) in [5.41, 5.74) is 0. The molecule has 46 valence electrons. The lowest BCUT2D eigenvalue weighted by Gasteiger charge is -2.13. The smallest absolute Gasteiger partial charge is 0.146 e. The zero-order valence-electron chi connectivity index (χ0n) is 4.99. The van der Waals surface area contributed by atoms with E-state index in [1.165, 1.54) is 5.01 Å². The van der Waals surface area contributed by atoms with Gasteiger partial charge in [0, 0.05) is 19.1 Å². The fourth-order valence-electron chi connectivity index (χ4n) is 0.523. The van der Waals surface area contributed by atoms with E-state index in [-0.39, 0.29) is 0 Å². The van der Waals surface area contributed by atoms with E-state index in [1.807, 2.05) is 0 Å². The third-order valence-electron chi connectivity index (χ3n) is 0.954. The summed E-state index contributed by atoms with van der Waals surface area (Å²) < 4.78 is 0. The molecule has 1 heterocycles. The minimum atomic E-state index is 0.590. The van der Waals surface area contributed by atoms with Crippen LogP contribution in [0, 0.1) is 0 Å². The van der Waals surface area contributed by atoms with Crippen LogP contribution in [0.1, 0.15) is 0 Å². The Morgan fingerprint density at radius 3 is 2.89 bits per heavy atom. The van der Waals surface area contributed by atoms with Gasteiger partial charge in [-0.1, -0.05) is 6.58 Å². The first-order valence-corrected chi connectivity index (χ1v) is 2.50. The maximum atomic E-state index is 3.87. The van der Waals surface area contributed by atoms with E-state index < -0.39 is 0 Å². The Kier molecular flexibility index (Phi) is 1.44. The lowest BCUT2D eigenvalue weighted by Crippen LogP contribution is -2.08. The van der Waals surface area contributed by atoms with E-state index in [1.54, 1.807) is 18.5 Å². The van der Waals surface area contributed by atoms with Crippen molar-refractivity contribution in [2.75, 3.05) is 0 Å². The van der Waals surface area contributed by atoms with Gasteiger partial charge in [0.2, 0.25) is 0 Å². The molecule has 3 heteroatoms. The zero-order chi connectivity index (χ0) is 6.69. The van der Waals surface area contributed by atoms with Crippen LogP contribution in [0.3, 0.4) is 0 Å². The molecule has 0 spiro atoms. The molecule has 0 saturated heterocycles. The normalized spacial score (nSPS) is 16.4. The van der Waals surface area contributed by atoms with Gasteiger partial charge in [-0.2, -0.15) is 5.10 Å². The van der Waals surface area contributed by atoms with Crippen LogP contribution in [0.2, 0.25) is 0 Å². The SMILES string of the molecule is C=NN1C=CC=NC1=C. The van der Waals surface area contributed by atoms with Crippen molar-refractivity contribution in [2.45, 2.75) is 0 Å². The monoisotopic (exact) mass is 121 g/mol. The third kappa shape index (κ3) is 1.05. The minimum Gasteiger partial charge on any atom is -0.238 e. The predicted octanol–water partition coefficient (Wildman–Crippen LogP) is 0.973. The number of hydrogen-bond acceptors (Lipinski definition) is 3. The highest BCUT2D eigenvalue weighted by atomic mass is 15.5.